The lowest BCUT2D eigenvalue weighted by atomic mass is 10.1. The van der Waals surface area contributed by atoms with Gasteiger partial charge in [-0.2, -0.15) is 0 Å². The van der Waals surface area contributed by atoms with Gasteiger partial charge in [-0.3, -0.25) is 19.3 Å². The minimum Gasteiger partial charge on any atom is -0.497 e. The van der Waals surface area contributed by atoms with Crippen molar-refractivity contribution in [3.63, 3.8) is 0 Å². The molecule has 3 aromatic rings. The van der Waals surface area contributed by atoms with Gasteiger partial charge in [0.15, 0.2) is 17.5 Å². The molecule has 0 aliphatic carbocycles. The van der Waals surface area contributed by atoms with Gasteiger partial charge >= 0.3 is 5.97 Å². The molecule has 1 fully saturated rings. The molecule has 1 unspecified atom stereocenters. The molecule has 0 bridgehead atoms. The van der Waals surface area contributed by atoms with Crippen LogP contribution in [0, 0.1) is 12.8 Å². The van der Waals surface area contributed by atoms with E-state index in [2.05, 4.69) is 4.98 Å². The number of aromatic nitrogens is 1. The number of thiazole rings is 1. The minimum absolute atomic E-state index is 0.0334. The fourth-order valence-electron chi connectivity index (χ4n) is 3.43. The van der Waals surface area contributed by atoms with Crippen LogP contribution in [0.4, 0.5) is 5.13 Å². The Morgan fingerprint density at radius 2 is 1.97 bits per heavy atom. The summed E-state index contributed by atoms with van der Waals surface area (Å²) in [6, 6.07) is 14.6. The fraction of sp³-hybridized carbons (Fsp3) is 0.250. The van der Waals surface area contributed by atoms with E-state index in [0.717, 1.165) is 16.8 Å². The minimum atomic E-state index is -0.632. The van der Waals surface area contributed by atoms with Crippen molar-refractivity contribution in [3.05, 3.63) is 65.0 Å². The van der Waals surface area contributed by atoms with Crippen LogP contribution < -0.4 is 9.64 Å². The average molecular weight is 451 g/mol. The van der Waals surface area contributed by atoms with E-state index in [0.29, 0.717) is 16.4 Å². The topological polar surface area (TPSA) is 85.8 Å². The van der Waals surface area contributed by atoms with Crippen LogP contribution in [0.15, 0.2) is 53.9 Å². The van der Waals surface area contributed by atoms with Crippen LogP contribution in [-0.4, -0.2) is 42.9 Å². The molecule has 32 heavy (non-hydrogen) atoms. The molecule has 0 spiro atoms. The van der Waals surface area contributed by atoms with Crippen LogP contribution in [0.5, 0.6) is 5.75 Å². The zero-order chi connectivity index (χ0) is 22.7. The summed E-state index contributed by atoms with van der Waals surface area (Å²) < 4.78 is 10.3. The summed E-state index contributed by atoms with van der Waals surface area (Å²) in [5, 5.41) is 2.44. The molecular formula is C24H22N2O5S. The van der Waals surface area contributed by atoms with Crippen molar-refractivity contribution in [1.29, 1.82) is 0 Å². The van der Waals surface area contributed by atoms with Crippen molar-refractivity contribution in [2.75, 3.05) is 25.2 Å². The number of hydrogen-bond acceptors (Lipinski definition) is 7. The highest BCUT2D eigenvalue weighted by molar-refractivity contribution is 7.14. The third kappa shape index (κ3) is 4.70. The number of benzene rings is 2. The summed E-state index contributed by atoms with van der Waals surface area (Å²) >= 11 is 1.36. The van der Waals surface area contributed by atoms with Gasteiger partial charge in [-0.1, -0.05) is 42.0 Å². The molecule has 2 heterocycles. The largest absolute Gasteiger partial charge is 0.497 e. The van der Waals surface area contributed by atoms with E-state index in [9.17, 15) is 14.4 Å². The maximum Gasteiger partial charge on any atom is 0.311 e. The highest BCUT2D eigenvalue weighted by Gasteiger charge is 2.37. The summed E-state index contributed by atoms with van der Waals surface area (Å²) in [4.78, 5) is 43.4. The highest BCUT2D eigenvalue weighted by Crippen LogP contribution is 2.32. The van der Waals surface area contributed by atoms with Crippen LogP contribution >= 0.6 is 11.3 Å². The number of ether oxygens (including phenoxy) is 2. The molecule has 4 rings (SSSR count). The molecule has 1 aliphatic rings. The van der Waals surface area contributed by atoms with Crippen LogP contribution in [-0.2, 0) is 14.3 Å². The summed E-state index contributed by atoms with van der Waals surface area (Å²) in [6.07, 6.45) is 0.0334. The van der Waals surface area contributed by atoms with Crippen molar-refractivity contribution in [1.82, 2.24) is 4.98 Å². The number of hydrogen-bond donors (Lipinski definition) is 0. The Morgan fingerprint density at radius 1 is 1.19 bits per heavy atom. The summed E-state index contributed by atoms with van der Waals surface area (Å²) in [5.41, 5.74) is 3.31. The highest BCUT2D eigenvalue weighted by atomic mass is 32.1. The monoisotopic (exact) mass is 450 g/mol. The first-order valence-electron chi connectivity index (χ1n) is 10.1. The SMILES string of the molecule is COc1cccc(C(=O)COC(=O)C2CC(=O)N(c3nc(-c4ccc(C)cc4)cs3)C2)c1. The maximum atomic E-state index is 12.5. The molecule has 1 aromatic heterocycles. The number of aryl methyl sites for hydroxylation is 1. The number of carbonyl (C=O) groups excluding carboxylic acids is 3. The van der Waals surface area contributed by atoms with Gasteiger partial charge in [0, 0.05) is 29.5 Å². The van der Waals surface area contributed by atoms with Gasteiger partial charge in [0.2, 0.25) is 5.91 Å². The van der Waals surface area contributed by atoms with Crippen LogP contribution in [0.3, 0.4) is 0 Å². The number of Topliss-reactive ketones (excluding diaryl/α,β-unsaturated/α-hetero) is 1. The number of anilines is 1. The zero-order valence-corrected chi connectivity index (χ0v) is 18.6. The number of esters is 1. The maximum absolute atomic E-state index is 12.5. The number of amides is 1. The van der Waals surface area contributed by atoms with Gasteiger partial charge < -0.3 is 9.47 Å². The van der Waals surface area contributed by atoms with Crippen molar-refractivity contribution < 1.29 is 23.9 Å². The molecular weight excluding hydrogens is 428 g/mol. The lowest BCUT2D eigenvalue weighted by Crippen LogP contribution is -2.27. The van der Waals surface area contributed by atoms with E-state index in [-0.39, 0.29) is 31.3 Å². The molecule has 2 aromatic carbocycles. The summed E-state index contributed by atoms with van der Waals surface area (Å²) in [5.74, 6) is -1.16. The quantitative estimate of drug-likeness (QED) is 0.401. The molecule has 8 heteroatoms. The number of ketones is 1. The second-order valence-corrected chi connectivity index (χ2v) is 8.39. The lowest BCUT2D eigenvalue weighted by Gasteiger charge is -2.13. The Morgan fingerprint density at radius 3 is 2.72 bits per heavy atom. The molecule has 0 radical (unpaired) electrons. The Balaban J connectivity index is 1.36. The lowest BCUT2D eigenvalue weighted by molar-refractivity contribution is -0.147. The first-order chi connectivity index (χ1) is 15.4. The van der Waals surface area contributed by atoms with E-state index in [1.54, 1.807) is 24.3 Å². The molecule has 7 nitrogen and oxygen atoms in total. The molecule has 1 aliphatic heterocycles. The third-order valence-electron chi connectivity index (χ3n) is 5.27. The number of methoxy groups -OCH3 is 1. The average Bonchev–Trinajstić information content (AvgIpc) is 3.44. The van der Waals surface area contributed by atoms with Crippen molar-refractivity contribution in [2.24, 2.45) is 5.92 Å². The molecule has 1 atom stereocenters. The van der Waals surface area contributed by atoms with E-state index >= 15 is 0 Å². The number of carbonyl (C=O) groups is 3. The first-order valence-corrected chi connectivity index (χ1v) is 11.0. The van der Waals surface area contributed by atoms with Gasteiger partial charge in [0.1, 0.15) is 5.75 Å². The van der Waals surface area contributed by atoms with E-state index < -0.39 is 11.9 Å². The Kier molecular flexibility index (Phi) is 6.32. The van der Waals surface area contributed by atoms with Crippen LogP contribution in [0.2, 0.25) is 0 Å². The van der Waals surface area contributed by atoms with Crippen molar-refractivity contribution in [3.8, 4) is 17.0 Å². The summed E-state index contributed by atoms with van der Waals surface area (Å²) in [6.45, 7) is 1.82. The van der Waals surface area contributed by atoms with E-state index in [1.165, 1.54) is 23.3 Å². The van der Waals surface area contributed by atoms with Gasteiger partial charge in [-0.15, -0.1) is 11.3 Å². The van der Waals surface area contributed by atoms with E-state index in [1.807, 2.05) is 36.6 Å². The third-order valence-corrected chi connectivity index (χ3v) is 6.13. The van der Waals surface area contributed by atoms with Crippen molar-refractivity contribution >= 4 is 34.1 Å². The predicted molar refractivity (Wildman–Crippen MR) is 121 cm³/mol. The number of nitrogens with zero attached hydrogens (tertiary/aromatic N) is 2. The van der Waals surface area contributed by atoms with Gasteiger partial charge in [-0.05, 0) is 19.1 Å². The molecule has 0 saturated carbocycles. The van der Waals surface area contributed by atoms with Gasteiger partial charge in [0.25, 0.3) is 0 Å². The Hall–Kier alpha value is -3.52. The normalized spacial score (nSPS) is 15.6. The second kappa shape index (κ2) is 9.32. The van der Waals surface area contributed by atoms with Crippen LogP contribution in [0.1, 0.15) is 22.3 Å². The Bertz CT molecular complexity index is 1160. The zero-order valence-electron chi connectivity index (χ0n) is 17.7. The Labute approximate surface area is 189 Å². The molecule has 164 valence electrons. The second-order valence-electron chi connectivity index (χ2n) is 7.55. The van der Waals surface area contributed by atoms with Gasteiger partial charge in [0.05, 0.1) is 18.7 Å². The molecule has 1 saturated heterocycles. The van der Waals surface area contributed by atoms with Gasteiger partial charge in [-0.25, -0.2) is 4.98 Å². The fourth-order valence-corrected chi connectivity index (χ4v) is 4.29. The van der Waals surface area contributed by atoms with Crippen LogP contribution in [0.25, 0.3) is 11.3 Å². The predicted octanol–water partition coefficient (Wildman–Crippen LogP) is 3.91. The number of rotatable bonds is 7. The molecule has 1 amide bonds. The molecule has 0 N–H and O–H groups in total. The first kappa shape index (κ1) is 21.7. The summed E-state index contributed by atoms with van der Waals surface area (Å²) in [7, 11) is 1.51. The van der Waals surface area contributed by atoms with E-state index in [4.69, 9.17) is 9.47 Å². The van der Waals surface area contributed by atoms with Crippen molar-refractivity contribution in [2.45, 2.75) is 13.3 Å². The standard InChI is InChI=1S/C24H22N2O5S/c1-15-6-8-16(9-7-15)20-14-32-24(25-20)26-12-18(11-22(26)28)23(29)31-13-21(27)17-4-3-5-19(10-17)30-2/h3-10,14,18H,11-13H2,1-2H3. The smallest absolute Gasteiger partial charge is 0.311 e.